The smallest absolute Gasteiger partial charge is 0.339 e. The number of amides is 2. The van der Waals surface area contributed by atoms with E-state index in [2.05, 4.69) is 26.6 Å². The first-order chi connectivity index (χ1) is 16.2. The molecule has 0 fully saturated rings. The number of anilines is 2. The molecule has 0 radical (unpaired) electrons. The van der Waals surface area contributed by atoms with Gasteiger partial charge in [0, 0.05) is 28.3 Å². The second kappa shape index (κ2) is 10.8. The van der Waals surface area contributed by atoms with Gasteiger partial charge >= 0.3 is 10.1 Å². The van der Waals surface area contributed by atoms with E-state index < -0.39 is 16.0 Å². The molecule has 0 aliphatic heterocycles. The number of hydrogen-bond acceptors (Lipinski definition) is 6. The highest BCUT2D eigenvalue weighted by Crippen LogP contribution is 2.26. The predicted molar refractivity (Wildman–Crippen MR) is 131 cm³/mol. The molecule has 3 rings (SSSR count). The largest absolute Gasteiger partial charge is 0.378 e. The van der Waals surface area contributed by atoms with Crippen LogP contribution >= 0.6 is 15.9 Å². The third-order valence-corrected chi connectivity index (χ3v) is 6.13. The van der Waals surface area contributed by atoms with Crippen LogP contribution in [0.2, 0.25) is 0 Å². The number of halogens is 1. The lowest BCUT2D eigenvalue weighted by Gasteiger charge is -2.11. The van der Waals surface area contributed by atoms with Gasteiger partial charge in [0.15, 0.2) is 0 Å². The highest BCUT2D eigenvalue weighted by molar-refractivity contribution is 9.10. The summed E-state index contributed by atoms with van der Waals surface area (Å²) in [5, 5.41) is 14.7. The second-order valence-electron chi connectivity index (χ2n) is 6.91. The fourth-order valence-corrected chi connectivity index (χ4v) is 4.00. The maximum absolute atomic E-state index is 12.8. The molecule has 0 unspecified atom stereocenters. The molecule has 2 N–H and O–H groups in total. The lowest BCUT2D eigenvalue weighted by molar-refractivity contribution is -0.114. The molecule has 0 heterocycles. The van der Waals surface area contributed by atoms with Crippen LogP contribution in [-0.2, 0) is 19.7 Å². The van der Waals surface area contributed by atoms with Crippen LogP contribution < -0.4 is 14.8 Å². The molecule has 10 heteroatoms. The molecule has 0 aromatic heterocycles. The van der Waals surface area contributed by atoms with E-state index in [0.29, 0.717) is 11.4 Å². The molecule has 0 spiro atoms. The zero-order chi connectivity index (χ0) is 24.7. The fraction of sp³-hybridized carbons (Fsp3) is 0.0417. The third-order valence-electron chi connectivity index (χ3n) is 4.35. The Balaban J connectivity index is 1.84. The molecule has 3 aromatic carbocycles. The molecule has 0 aliphatic carbocycles. The molecular formula is C24H18BrN3O5S. The molecule has 0 saturated heterocycles. The minimum absolute atomic E-state index is 0.0578. The van der Waals surface area contributed by atoms with E-state index in [0.717, 1.165) is 4.47 Å². The normalized spacial score (nSPS) is 11.3. The molecule has 8 nitrogen and oxygen atoms in total. The molecule has 172 valence electrons. The van der Waals surface area contributed by atoms with Crippen molar-refractivity contribution in [1.82, 2.24) is 0 Å². The first kappa shape index (κ1) is 24.7. The molecule has 0 aliphatic rings. The summed E-state index contributed by atoms with van der Waals surface area (Å²) in [6.07, 6.45) is 1.25. The molecule has 0 bridgehead atoms. The van der Waals surface area contributed by atoms with Crippen LogP contribution in [-0.4, -0.2) is 20.2 Å². The van der Waals surface area contributed by atoms with Gasteiger partial charge in [-0.05, 0) is 60.7 Å². The zero-order valence-corrected chi connectivity index (χ0v) is 20.2. The van der Waals surface area contributed by atoms with Gasteiger partial charge in [-0.1, -0.05) is 34.1 Å². The Bertz CT molecular complexity index is 1390. The Morgan fingerprint density at radius 1 is 0.941 bits per heavy atom. The lowest BCUT2D eigenvalue weighted by Crippen LogP contribution is -2.14. The van der Waals surface area contributed by atoms with E-state index in [4.69, 9.17) is 4.18 Å². The van der Waals surface area contributed by atoms with Gasteiger partial charge in [-0.2, -0.15) is 13.7 Å². The van der Waals surface area contributed by atoms with Crippen LogP contribution in [0.4, 0.5) is 11.4 Å². The summed E-state index contributed by atoms with van der Waals surface area (Å²) in [7, 11) is -4.23. The summed E-state index contributed by atoms with van der Waals surface area (Å²) in [5.74, 6) is -1.00. The molecule has 34 heavy (non-hydrogen) atoms. The number of nitriles is 1. The summed E-state index contributed by atoms with van der Waals surface area (Å²) in [6, 6.07) is 20.2. The van der Waals surface area contributed by atoms with E-state index in [1.54, 1.807) is 36.4 Å². The van der Waals surface area contributed by atoms with E-state index in [-0.39, 0.29) is 27.7 Å². The lowest BCUT2D eigenvalue weighted by atomic mass is 10.1. The van der Waals surface area contributed by atoms with Crippen LogP contribution in [0.3, 0.4) is 0 Å². The Morgan fingerprint density at radius 2 is 1.53 bits per heavy atom. The van der Waals surface area contributed by atoms with Gasteiger partial charge < -0.3 is 14.8 Å². The fourth-order valence-electron chi connectivity index (χ4n) is 2.79. The maximum atomic E-state index is 12.8. The topological polar surface area (TPSA) is 125 Å². The summed E-state index contributed by atoms with van der Waals surface area (Å²) in [6.45, 7) is 1.34. The van der Waals surface area contributed by atoms with Crippen molar-refractivity contribution in [3.05, 3.63) is 88.4 Å². The molecule has 3 aromatic rings. The Kier molecular flexibility index (Phi) is 7.83. The number of carbonyl (C=O) groups is 2. The van der Waals surface area contributed by atoms with Gasteiger partial charge in [-0.15, -0.1) is 0 Å². The number of para-hydroxylation sites is 1. The van der Waals surface area contributed by atoms with Crippen LogP contribution in [0.1, 0.15) is 12.5 Å². The quantitative estimate of drug-likeness (QED) is 0.254. The van der Waals surface area contributed by atoms with Gasteiger partial charge in [0.05, 0.1) is 0 Å². The number of nitrogens with one attached hydrogen (secondary N) is 2. The van der Waals surface area contributed by atoms with Crippen LogP contribution in [0.25, 0.3) is 6.08 Å². The molecular weight excluding hydrogens is 522 g/mol. The average molecular weight is 540 g/mol. The van der Waals surface area contributed by atoms with Crippen molar-refractivity contribution in [2.24, 2.45) is 0 Å². The van der Waals surface area contributed by atoms with Gasteiger partial charge in [0.2, 0.25) is 5.91 Å². The van der Waals surface area contributed by atoms with Gasteiger partial charge in [0.25, 0.3) is 5.91 Å². The minimum Gasteiger partial charge on any atom is -0.378 e. The first-order valence-electron chi connectivity index (χ1n) is 9.78. The van der Waals surface area contributed by atoms with E-state index in [1.165, 1.54) is 49.4 Å². The summed E-state index contributed by atoms with van der Waals surface area (Å²) in [4.78, 5) is 23.6. The SMILES string of the molecule is CC(=O)Nc1ccc(S(=O)(=O)Oc2ccccc2/C=C(\C#N)C(=O)Nc2ccc(Br)cc2)cc1. The van der Waals surface area contributed by atoms with Crippen molar-refractivity contribution in [3.8, 4) is 11.8 Å². The van der Waals surface area contributed by atoms with Gasteiger partial charge in [0.1, 0.15) is 22.3 Å². The monoisotopic (exact) mass is 539 g/mol. The van der Waals surface area contributed by atoms with Gasteiger partial charge in [-0.3, -0.25) is 9.59 Å². The predicted octanol–water partition coefficient (Wildman–Crippen LogP) is 4.72. The van der Waals surface area contributed by atoms with E-state index in [9.17, 15) is 23.3 Å². The Hall–Kier alpha value is -3.94. The average Bonchev–Trinajstić information content (AvgIpc) is 2.79. The van der Waals surface area contributed by atoms with Gasteiger partial charge in [-0.25, -0.2) is 0 Å². The zero-order valence-electron chi connectivity index (χ0n) is 17.8. The second-order valence-corrected chi connectivity index (χ2v) is 9.37. The maximum Gasteiger partial charge on any atom is 0.339 e. The molecule has 2 amide bonds. The van der Waals surface area contributed by atoms with Crippen LogP contribution in [0.15, 0.2) is 87.7 Å². The number of hydrogen-bond donors (Lipinski definition) is 2. The van der Waals surface area contributed by atoms with Crippen molar-refractivity contribution in [3.63, 3.8) is 0 Å². The van der Waals surface area contributed by atoms with Crippen molar-refractivity contribution in [2.75, 3.05) is 10.6 Å². The van der Waals surface area contributed by atoms with Crippen molar-refractivity contribution < 1.29 is 22.2 Å². The molecule has 0 atom stereocenters. The Morgan fingerprint density at radius 3 is 2.15 bits per heavy atom. The minimum atomic E-state index is -4.23. The first-order valence-corrected chi connectivity index (χ1v) is 12.0. The van der Waals surface area contributed by atoms with Crippen LogP contribution in [0.5, 0.6) is 5.75 Å². The molecule has 0 saturated carbocycles. The van der Waals surface area contributed by atoms with E-state index >= 15 is 0 Å². The third kappa shape index (κ3) is 6.54. The highest BCUT2D eigenvalue weighted by atomic mass is 79.9. The van der Waals surface area contributed by atoms with Crippen LogP contribution in [0, 0.1) is 11.3 Å². The number of nitrogens with zero attached hydrogens (tertiary/aromatic N) is 1. The number of benzene rings is 3. The summed E-state index contributed by atoms with van der Waals surface area (Å²) >= 11 is 3.30. The van der Waals surface area contributed by atoms with Crippen molar-refractivity contribution in [1.29, 1.82) is 5.26 Å². The van der Waals surface area contributed by atoms with Crippen molar-refractivity contribution >= 4 is 55.3 Å². The highest BCUT2D eigenvalue weighted by Gasteiger charge is 2.19. The number of carbonyl (C=O) groups excluding carboxylic acids is 2. The number of rotatable bonds is 7. The van der Waals surface area contributed by atoms with Crippen molar-refractivity contribution in [2.45, 2.75) is 11.8 Å². The Labute approximate surface area is 205 Å². The summed E-state index contributed by atoms with van der Waals surface area (Å²) < 4.78 is 31.7. The summed E-state index contributed by atoms with van der Waals surface area (Å²) in [5.41, 5.74) is 0.911. The standard InChI is InChI=1S/C24H18BrN3O5S/c1-16(29)27-20-10-12-22(13-11-20)34(31,32)33-23-5-3-2-4-17(23)14-18(15-26)24(30)28-21-8-6-19(25)7-9-21/h2-14H,1H3,(H,27,29)(H,28,30)/b18-14+. The van der Waals surface area contributed by atoms with E-state index in [1.807, 2.05) is 6.07 Å².